The average Bonchev–Trinajstić information content (AvgIpc) is 2.71. The lowest BCUT2D eigenvalue weighted by Crippen LogP contribution is -2.54. The number of para-hydroxylation sites is 1. The van der Waals surface area contributed by atoms with Gasteiger partial charge in [0.15, 0.2) is 0 Å². The lowest BCUT2D eigenvalue weighted by atomic mass is 9.97. The van der Waals surface area contributed by atoms with Crippen molar-refractivity contribution in [1.29, 1.82) is 0 Å². The maximum absolute atomic E-state index is 12.8. The van der Waals surface area contributed by atoms with Crippen molar-refractivity contribution in [2.45, 2.75) is 38.8 Å². The molecule has 0 bridgehead atoms. The minimum Gasteiger partial charge on any atom is -0.507 e. The summed E-state index contributed by atoms with van der Waals surface area (Å²) in [5.74, 6) is -2.76. The number of phenolic OH excluding ortho intramolecular Hbond substituents is 1. The molecule has 0 aliphatic rings. The van der Waals surface area contributed by atoms with Gasteiger partial charge in [0.1, 0.15) is 17.8 Å². The molecule has 0 aliphatic carbocycles. The number of aromatic hydroxyl groups is 1. The summed E-state index contributed by atoms with van der Waals surface area (Å²) in [5.41, 5.74) is 0.825. The zero-order valence-electron chi connectivity index (χ0n) is 16.5. The molecule has 29 heavy (non-hydrogen) atoms. The Balaban J connectivity index is 2.15. The number of hydrogen-bond acceptors (Lipinski definition) is 4. The predicted molar refractivity (Wildman–Crippen MR) is 109 cm³/mol. The van der Waals surface area contributed by atoms with Gasteiger partial charge >= 0.3 is 5.97 Å². The molecule has 7 heteroatoms. The third-order valence-corrected chi connectivity index (χ3v) is 4.83. The topological polar surface area (TPSA) is 116 Å². The van der Waals surface area contributed by atoms with E-state index in [4.69, 9.17) is 0 Å². The number of rotatable bonds is 9. The highest BCUT2D eigenvalue weighted by Crippen LogP contribution is 2.17. The fraction of sp³-hybridized carbons (Fsp3) is 0.318. The summed E-state index contributed by atoms with van der Waals surface area (Å²) in [4.78, 5) is 37.0. The van der Waals surface area contributed by atoms with Crippen molar-refractivity contribution in [3.8, 4) is 5.75 Å². The summed E-state index contributed by atoms with van der Waals surface area (Å²) in [5, 5.41) is 24.6. The summed E-state index contributed by atoms with van der Waals surface area (Å²) >= 11 is 0. The molecule has 2 aromatic carbocycles. The highest BCUT2D eigenvalue weighted by Gasteiger charge is 2.30. The van der Waals surface area contributed by atoms with Crippen LogP contribution in [0.1, 0.15) is 36.2 Å². The van der Waals surface area contributed by atoms with Crippen LogP contribution in [0.5, 0.6) is 5.75 Å². The fourth-order valence-corrected chi connectivity index (χ4v) is 2.90. The van der Waals surface area contributed by atoms with E-state index in [-0.39, 0.29) is 23.7 Å². The van der Waals surface area contributed by atoms with E-state index in [1.165, 1.54) is 12.1 Å². The maximum atomic E-state index is 12.8. The van der Waals surface area contributed by atoms with Gasteiger partial charge in [-0.3, -0.25) is 9.59 Å². The van der Waals surface area contributed by atoms with E-state index in [0.717, 1.165) is 5.56 Å². The average molecular weight is 398 g/mol. The number of nitrogens with one attached hydrogen (secondary N) is 2. The first-order valence-corrected chi connectivity index (χ1v) is 9.49. The van der Waals surface area contributed by atoms with Crippen molar-refractivity contribution >= 4 is 17.8 Å². The van der Waals surface area contributed by atoms with Crippen molar-refractivity contribution in [3.05, 3.63) is 65.7 Å². The molecular formula is C22H26N2O5. The van der Waals surface area contributed by atoms with Gasteiger partial charge in [0.2, 0.25) is 5.91 Å². The van der Waals surface area contributed by atoms with E-state index in [1.54, 1.807) is 43.3 Å². The Labute approximate surface area is 169 Å². The predicted octanol–water partition coefficient (Wildman–Crippen LogP) is 2.35. The lowest BCUT2D eigenvalue weighted by Gasteiger charge is -2.25. The van der Waals surface area contributed by atoms with Crippen LogP contribution in [0.4, 0.5) is 0 Å². The Hall–Kier alpha value is -3.35. The summed E-state index contributed by atoms with van der Waals surface area (Å²) in [7, 11) is 0. The second-order valence-electron chi connectivity index (χ2n) is 6.94. The van der Waals surface area contributed by atoms with E-state index >= 15 is 0 Å². The highest BCUT2D eigenvalue weighted by atomic mass is 16.4. The van der Waals surface area contributed by atoms with Crippen LogP contribution >= 0.6 is 0 Å². The monoisotopic (exact) mass is 398 g/mol. The SMILES string of the molecule is CCC(C)[C@H](NC(=O)c1ccccc1O)C(=O)N[C@@H](Cc1ccccc1)C(=O)O. The van der Waals surface area contributed by atoms with Gasteiger partial charge in [-0.15, -0.1) is 0 Å². The number of carboxylic acid groups (broad SMARTS) is 1. The molecular weight excluding hydrogens is 372 g/mol. The van der Waals surface area contributed by atoms with Gasteiger partial charge in [-0.05, 0) is 23.6 Å². The molecule has 0 saturated heterocycles. The van der Waals surface area contributed by atoms with Crippen LogP contribution in [-0.2, 0) is 16.0 Å². The van der Waals surface area contributed by atoms with Gasteiger partial charge in [-0.1, -0.05) is 62.7 Å². The molecule has 1 unspecified atom stereocenters. The molecule has 154 valence electrons. The largest absolute Gasteiger partial charge is 0.507 e. The Morgan fingerprint density at radius 2 is 1.59 bits per heavy atom. The Bertz CT molecular complexity index is 853. The fourth-order valence-electron chi connectivity index (χ4n) is 2.90. The molecule has 4 N–H and O–H groups in total. The van der Waals surface area contributed by atoms with Gasteiger partial charge in [0.05, 0.1) is 5.56 Å². The van der Waals surface area contributed by atoms with E-state index < -0.39 is 29.9 Å². The molecule has 0 heterocycles. The normalized spacial score (nSPS) is 13.7. The Morgan fingerprint density at radius 3 is 2.17 bits per heavy atom. The second-order valence-corrected chi connectivity index (χ2v) is 6.94. The molecule has 2 amide bonds. The van der Waals surface area contributed by atoms with Crippen molar-refractivity contribution < 1.29 is 24.6 Å². The summed E-state index contributed by atoms with van der Waals surface area (Å²) in [6, 6.07) is 12.9. The van der Waals surface area contributed by atoms with Gasteiger partial charge in [-0.25, -0.2) is 4.79 Å². The van der Waals surface area contributed by atoms with Crippen molar-refractivity contribution in [2.24, 2.45) is 5.92 Å². The third kappa shape index (κ3) is 6.07. The van der Waals surface area contributed by atoms with Crippen molar-refractivity contribution in [3.63, 3.8) is 0 Å². The first-order chi connectivity index (χ1) is 13.8. The highest BCUT2D eigenvalue weighted by molar-refractivity contribution is 6.00. The van der Waals surface area contributed by atoms with Crippen LogP contribution in [0.3, 0.4) is 0 Å². The lowest BCUT2D eigenvalue weighted by molar-refractivity contribution is -0.142. The molecule has 7 nitrogen and oxygen atoms in total. The van der Waals surface area contributed by atoms with Gasteiger partial charge in [0, 0.05) is 6.42 Å². The molecule has 0 aliphatic heterocycles. The molecule has 2 aromatic rings. The summed E-state index contributed by atoms with van der Waals surface area (Å²) in [6.07, 6.45) is 0.720. The number of carbonyl (C=O) groups is 3. The van der Waals surface area contributed by atoms with Crippen LogP contribution < -0.4 is 10.6 Å². The number of benzene rings is 2. The van der Waals surface area contributed by atoms with E-state index in [9.17, 15) is 24.6 Å². The van der Waals surface area contributed by atoms with Gasteiger partial charge < -0.3 is 20.8 Å². The first kappa shape index (κ1) is 21.9. The third-order valence-electron chi connectivity index (χ3n) is 4.83. The van der Waals surface area contributed by atoms with Crippen LogP contribution in [0.25, 0.3) is 0 Å². The zero-order chi connectivity index (χ0) is 21.4. The number of amides is 2. The van der Waals surface area contributed by atoms with Gasteiger partial charge in [-0.2, -0.15) is 0 Å². The maximum Gasteiger partial charge on any atom is 0.326 e. The first-order valence-electron chi connectivity index (χ1n) is 9.49. The number of phenols is 1. The second kappa shape index (κ2) is 10.3. The Kier molecular flexibility index (Phi) is 7.77. The zero-order valence-corrected chi connectivity index (χ0v) is 16.5. The summed E-state index contributed by atoms with van der Waals surface area (Å²) in [6.45, 7) is 3.66. The number of carbonyl (C=O) groups excluding carboxylic acids is 2. The van der Waals surface area contributed by atoms with E-state index in [0.29, 0.717) is 6.42 Å². The van der Waals surface area contributed by atoms with Crippen LogP contribution in [0, 0.1) is 5.92 Å². The van der Waals surface area contributed by atoms with Crippen LogP contribution in [0.15, 0.2) is 54.6 Å². The standard InChI is InChI=1S/C22H26N2O5/c1-3-14(2)19(24-20(26)16-11-7-8-12-18(16)25)21(27)23-17(22(28)29)13-15-9-5-4-6-10-15/h4-12,14,17,19,25H,3,13H2,1-2H3,(H,23,27)(H,24,26)(H,28,29)/t14?,17-,19-/m0/s1. The molecule has 0 saturated carbocycles. The number of hydrogen-bond donors (Lipinski definition) is 4. The van der Waals surface area contributed by atoms with Crippen molar-refractivity contribution in [2.75, 3.05) is 0 Å². The number of aliphatic carboxylic acids is 1. The summed E-state index contributed by atoms with van der Waals surface area (Å²) < 4.78 is 0. The minimum atomic E-state index is -1.16. The molecule has 2 rings (SSSR count). The minimum absolute atomic E-state index is 0.0488. The smallest absolute Gasteiger partial charge is 0.326 e. The molecule has 0 radical (unpaired) electrons. The van der Waals surface area contributed by atoms with E-state index in [2.05, 4.69) is 10.6 Å². The number of carboxylic acids is 1. The molecule has 0 aromatic heterocycles. The Morgan fingerprint density at radius 1 is 0.966 bits per heavy atom. The molecule has 3 atom stereocenters. The van der Waals surface area contributed by atoms with E-state index in [1.807, 2.05) is 13.0 Å². The van der Waals surface area contributed by atoms with Crippen LogP contribution in [-0.4, -0.2) is 40.1 Å². The van der Waals surface area contributed by atoms with Crippen molar-refractivity contribution in [1.82, 2.24) is 10.6 Å². The van der Waals surface area contributed by atoms with Gasteiger partial charge in [0.25, 0.3) is 5.91 Å². The molecule has 0 fully saturated rings. The van der Waals surface area contributed by atoms with Crippen LogP contribution in [0.2, 0.25) is 0 Å². The molecule has 0 spiro atoms. The quantitative estimate of drug-likeness (QED) is 0.517.